The predicted molar refractivity (Wildman–Crippen MR) is 147 cm³/mol. The summed E-state index contributed by atoms with van der Waals surface area (Å²) in [4.78, 5) is 20.4. The predicted octanol–water partition coefficient (Wildman–Crippen LogP) is 5.94. The standard InChI is InChI=1S/C27H28ClFN6O3S/c1-17(2)25(18-8-10-19(28)11-9-18)26(33-34-30)27(36)32-24-15-31-14-23(29)22(24)13-12-20-16-35(20)39(37,38)21-6-4-3-5-7-21/h3-11,14-15,17,20,25-26H,12-13,16H2,1-2H3,(H,32,36)/t20-,25+,26-,35?/m0/s1. The molecular formula is C27H28ClFN6O3S. The van der Waals surface area contributed by atoms with Crippen LogP contribution >= 0.6 is 11.6 Å². The van der Waals surface area contributed by atoms with Crippen LogP contribution in [0.4, 0.5) is 10.1 Å². The van der Waals surface area contributed by atoms with Gasteiger partial charge in [-0.2, -0.15) is 4.31 Å². The van der Waals surface area contributed by atoms with E-state index in [1.54, 1.807) is 42.5 Å². The number of azide groups is 1. The van der Waals surface area contributed by atoms with E-state index in [-0.39, 0.29) is 34.5 Å². The molecule has 2 heterocycles. The third-order valence-corrected chi connectivity index (χ3v) is 8.95. The molecule has 0 radical (unpaired) electrons. The van der Waals surface area contributed by atoms with Crippen molar-refractivity contribution in [2.45, 2.75) is 49.6 Å². The fraction of sp³-hybridized carbons (Fsp3) is 0.333. The third kappa shape index (κ3) is 6.57. The summed E-state index contributed by atoms with van der Waals surface area (Å²) in [5.74, 6) is -1.77. The molecule has 0 spiro atoms. The molecule has 0 bridgehead atoms. The van der Waals surface area contributed by atoms with E-state index in [4.69, 9.17) is 11.6 Å². The van der Waals surface area contributed by atoms with E-state index in [0.29, 0.717) is 18.0 Å². The maximum absolute atomic E-state index is 14.9. The van der Waals surface area contributed by atoms with Gasteiger partial charge in [-0.3, -0.25) is 9.78 Å². The Bertz CT molecular complexity index is 1480. The van der Waals surface area contributed by atoms with Crippen LogP contribution in [0.3, 0.4) is 0 Å². The minimum Gasteiger partial charge on any atom is -0.324 e. The molecule has 4 atom stereocenters. The van der Waals surface area contributed by atoms with Crippen molar-refractivity contribution in [1.29, 1.82) is 0 Å². The lowest BCUT2D eigenvalue weighted by Crippen LogP contribution is -2.34. The topological polar surface area (TPSA) is 128 Å². The number of benzene rings is 2. The number of halogens is 2. The average molecular weight is 571 g/mol. The molecule has 1 aliphatic rings. The van der Waals surface area contributed by atoms with E-state index in [2.05, 4.69) is 20.3 Å². The van der Waals surface area contributed by atoms with Gasteiger partial charge in [0.05, 0.1) is 23.0 Å². The van der Waals surface area contributed by atoms with Crippen molar-refractivity contribution in [3.05, 3.63) is 99.4 Å². The van der Waals surface area contributed by atoms with Crippen LogP contribution in [0.5, 0.6) is 0 Å². The molecule has 9 nitrogen and oxygen atoms in total. The molecule has 1 aromatic heterocycles. The van der Waals surface area contributed by atoms with Gasteiger partial charge in [0, 0.05) is 34.0 Å². The lowest BCUT2D eigenvalue weighted by molar-refractivity contribution is -0.118. The summed E-state index contributed by atoms with van der Waals surface area (Å²) < 4.78 is 41.9. The summed E-state index contributed by atoms with van der Waals surface area (Å²) in [5.41, 5.74) is 10.4. The lowest BCUT2D eigenvalue weighted by Gasteiger charge is -2.27. The number of nitrogens with zero attached hydrogens (tertiary/aromatic N) is 5. The highest BCUT2D eigenvalue weighted by Crippen LogP contribution is 2.34. The second-order valence-corrected chi connectivity index (χ2v) is 12.0. The third-order valence-electron chi connectivity index (χ3n) is 6.76. The van der Waals surface area contributed by atoms with Gasteiger partial charge in [-0.1, -0.05) is 60.9 Å². The zero-order valence-corrected chi connectivity index (χ0v) is 23.0. The molecule has 1 unspecified atom stereocenters. The van der Waals surface area contributed by atoms with Gasteiger partial charge < -0.3 is 5.32 Å². The van der Waals surface area contributed by atoms with Crippen LogP contribution in [0.2, 0.25) is 5.02 Å². The minimum atomic E-state index is -3.62. The fourth-order valence-corrected chi connectivity index (χ4v) is 6.48. The van der Waals surface area contributed by atoms with Gasteiger partial charge in [-0.15, -0.1) is 0 Å². The first kappa shape index (κ1) is 28.5. The fourth-order valence-electron chi connectivity index (χ4n) is 4.72. The van der Waals surface area contributed by atoms with E-state index in [9.17, 15) is 23.1 Å². The number of hydrogen-bond donors (Lipinski definition) is 1. The average Bonchev–Trinajstić information content (AvgIpc) is 3.70. The molecule has 39 heavy (non-hydrogen) atoms. The van der Waals surface area contributed by atoms with Crippen molar-refractivity contribution < 1.29 is 17.6 Å². The van der Waals surface area contributed by atoms with Crippen molar-refractivity contribution in [2.75, 3.05) is 11.9 Å². The number of anilines is 1. The first-order valence-electron chi connectivity index (χ1n) is 12.4. The van der Waals surface area contributed by atoms with Crippen LogP contribution in [0.1, 0.15) is 37.3 Å². The van der Waals surface area contributed by atoms with Gasteiger partial charge in [0.1, 0.15) is 11.9 Å². The molecule has 0 saturated carbocycles. The number of aromatic nitrogens is 1. The normalized spacial score (nSPS) is 18.2. The van der Waals surface area contributed by atoms with Crippen LogP contribution < -0.4 is 5.32 Å². The Kier molecular flexibility index (Phi) is 8.87. The Balaban J connectivity index is 1.51. The number of rotatable bonds is 11. The number of pyridine rings is 1. The molecule has 1 saturated heterocycles. The van der Waals surface area contributed by atoms with Crippen LogP contribution in [-0.2, 0) is 21.2 Å². The quantitative estimate of drug-likeness (QED) is 0.132. The summed E-state index contributed by atoms with van der Waals surface area (Å²) >= 11 is 6.02. The van der Waals surface area contributed by atoms with Crippen molar-refractivity contribution in [1.82, 2.24) is 9.29 Å². The Morgan fingerprint density at radius 3 is 2.54 bits per heavy atom. The summed E-state index contributed by atoms with van der Waals surface area (Å²) in [6, 6.07) is 13.7. The van der Waals surface area contributed by atoms with E-state index >= 15 is 0 Å². The van der Waals surface area contributed by atoms with E-state index in [0.717, 1.165) is 11.8 Å². The Hall–Kier alpha value is -3.50. The minimum absolute atomic E-state index is 0.0788. The van der Waals surface area contributed by atoms with Crippen LogP contribution in [0.15, 0.2) is 77.0 Å². The van der Waals surface area contributed by atoms with E-state index in [1.165, 1.54) is 22.6 Å². The Labute approximate surface area is 231 Å². The smallest absolute Gasteiger partial charge is 0.243 e. The molecule has 4 rings (SSSR count). The number of carbonyl (C=O) groups is 1. The van der Waals surface area contributed by atoms with Gasteiger partial charge in [0.15, 0.2) is 0 Å². The zero-order valence-electron chi connectivity index (χ0n) is 21.4. The monoisotopic (exact) mass is 570 g/mol. The molecule has 204 valence electrons. The summed E-state index contributed by atoms with van der Waals surface area (Å²) in [7, 11) is -3.62. The lowest BCUT2D eigenvalue weighted by atomic mass is 9.82. The van der Waals surface area contributed by atoms with Gasteiger partial charge in [0.2, 0.25) is 15.9 Å². The van der Waals surface area contributed by atoms with Crippen LogP contribution in [0, 0.1) is 11.7 Å². The second-order valence-electron chi connectivity index (χ2n) is 9.69. The van der Waals surface area contributed by atoms with Crippen LogP contribution in [-0.4, -0.2) is 42.2 Å². The summed E-state index contributed by atoms with van der Waals surface area (Å²) in [5, 5.41) is 7.03. The van der Waals surface area contributed by atoms with E-state index in [1.807, 2.05) is 13.8 Å². The first-order valence-corrected chi connectivity index (χ1v) is 14.2. The molecule has 1 aliphatic heterocycles. The molecular weight excluding hydrogens is 543 g/mol. The molecule has 3 aromatic rings. The second kappa shape index (κ2) is 12.1. The molecule has 1 fully saturated rings. The highest BCUT2D eigenvalue weighted by molar-refractivity contribution is 7.89. The molecule has 1 amide bonds. The van der Waals surface area contributed by atoms with Gasteiger partial charge >= 0.3 is 0 Å². The number of nitrogens with one attached hydrogen (secondary N) is 1. The maximum Gasteiger partial charge on any atom is 0.243 e. The SMILES string of the molecule is CC(C)[C@H](c1ccc(Cl)cc1)[C@H](N=[N+]=[N-])C(=O)Nc1cncc(F)c1CC[C@H]1CN1S(=O)(=O)c1ccccc1. The molecule has 2 aromatic carbocycles. The molecule has 0 aliphatic carbocycles. The summed E-state index contributed by atoms with van der Waals surface area (Å²) in [6.45, 7) is 4.15. The Morgan fingerprint density at radius 2 is 1.90 bits per heavy atom. The molecule has 12 heteroatoms. The highest BCUT2D eigenvalue weighted by atomic mass is 35.5. The zero-order chi connectivity index (χ0) is 28.2. The van der Waals surface area contributed by atoms with Gasteiger partial charge in [-0.05, 0) is 54.1 Å². The first-order chi connectivity index (χ1) is 18.6. The summed E-state index contributed by atoms with van der Waals surface area (Å²) in [6.07, 6.45) is 2.91. The maximum atomic E-state index is 14.9. The van der Waals surface area contributed by atoms with Crippen molar-refractivity contribution >= 4 is 33.2 Å². The van der Waals surface area contributed by atoms with Crippen LogP contribution in [0.25, 0.3) is 10.4 Å². The van der Waals surface area contributed by atoms with Gasteiger partial charge in [-0.25, -0.2) is 12.8 Å². The van der Waals surface area contributed by atoms with Crippen molar-refractivity contribution in [3.8, 4) is 0 Å². The number of carbonyl (C=O) groups excluding carboxylic acids is 1. The molecule has 1 N–H and O–H groups in total. The van der Waals surface area contributed by atoms with Crippen molar-refractivity contribution in [2.24, 2.45) is 11.0 Å². The number of hydrogen-bond acceptors (Lipinski definition) is 5. The van der Waals surface area contributed by atoms with E-state index < -0.39 is 33.7 Å². The Morgan fingerprint density at radius 1 is 1.21 bits per heavy atom. The number of sulfonamides is 1. The van der Waals surface area contributed by atoms with Crippen molar-refractivity contribution in [3.63, 3.8) is 0 Å². The largest absolute Gasteiger partial charge is 0.324 e. The van der Waals surface area contributed by atoms with Gasteiger partial charge in [0.25, 0.3) is 0 Å². The highest BCUT2D eigenvalue weighted by Gasteiger charge is 2.44. The number of amides is 1.